The first-order chi connectivity index (χ1) is 22.0. The molecule has 0 spiro atoms. The van der Waals surface area contributed by atoms with Crippen LogP contribution in [0.1, 0.15) is 54.4 Å². The fourth-order valence-electron chi connectivity index (χ4n) is 5.98. The number of nitrogens with zero attached hydrogens (tertiary/aromatic N) is 3. The SMILES string of the molecule is CCc1cc(OCCCCN=[N+]=[N-])ccc1-c1ccc(C[C@H](CC(=O)OCC2c3ccccc3-c3ccccc32)C(=O)O)cc1. The van der Waals surface area contributed by atoms with Gasteiger partial charge in [0.2, 0.25) is 0 Å². The zero-order valence-electron chi connectivity index (χ0n) is 25.4. The highest BCUT2D eigenvalue weighted by Crippen LogP contribution is 2.44. The normalized spacial score (nSPS) is 12.5. The maximum Gasteiger partial charge on any atom is 0.307 e. The van der Waals surface area contributed by atoms with Crippen molar-refractivity contribution in [2.75, 3.05) is 19.8 Å². The predicted octanol–water partition coefficient (Wildman–Crippen LogP) is 8.37. The third-order valence-corrected chi connectivity index (χ3v) is 8.32. The first-order valence-electron chi connectivity index (χ1n) is 15.4. The van der Waals surface area contributed by atoms with E-state index in [0.717, 1.165) is 69.5 Å². The lowest BCUT2D eigenvalue weighted by Gasteiger charge is -2.16. The van der Waals surface area contributed by atoms with Crippen LogP contribution in [0.3, 0.4) is 0 Å². The van der Waals surface area contributed by atoms with E-state index in [1.165, 1.54) is 0 Å². The molecule has 1 aliphatic carbocycles. The van der Waals surface area contributed by atoms with Crippen molar-refractivity contribution in [2.24, 2.45) is 11.0 Å². The number of esters is 1. The summed E-state index contributed by atoms with van der Waals surface area (Å²) in [7, 11) is 0. The average Bonchev–Trinajstić information content (AvgIpc) is 3.39. The van der Waals surface area contributed by atoms with Gasteiger partial charge in [-0.1, -0.05) is 90.9 Å². The summed E-state index contributed by atoms with van der Waals surface area (Å²) in [5.41, 5.74) is 17.0. The molecule has 0 fully saturated rings. The summed E-state index contributed by atoms with van der Waals surface area (Å²) in [5, 5.41) is 13.5. The van der Waals surface area contributed by atoms with E-state index < -0.39 is 17.9 Å². The summed E-state index contributed by atoms with van der Waals surface area (Å²) in [6.45, 7) is 3.29. The number of carbonyl (C=O) groups is 2. The van der Waals surface area contributed by atoms with Gasteiger partial charge in [0, 0.05) is 17.4 Å². The molecule has 5 rings (SSSR count). The molecule has 4 aromatic carbocycles. The number of hydrogen-bond donors (Lipinski definition) is 1. The fraction of sp³-hybridized carbons (Fsp3) is 0.297. The summed E-state index contributed by atoms with van der Waals surface area (Å²) in [6, 6.07) is 30.1. The van der Waals surface area contributed by atoms with E-state index >= 15 is 0 Å². The number of benzene rings is 4. The molecule has 0 saturated carbocycles. The molecule has 0 saturated heterocycles. The summed E-state index contributed by atoms with van der Waals surface area (Å²) in [4.78, 5) is 27.8. The predicted molar refractivity (Wildman–Crippen MR) is 174 cm³/mol. The molecular formula is C37H37N3O5. The minimum absolute atomic E-state index is 0.0684. The molecule has 8 nitrogen and oxygen atoms in total. The number of rotatable bonds is 15. The van der Waals surface area contributed by atoms with Crippen molar-refractivity contribution in [1.82, 2.24) is 0 Å². The average molecular weight is 604 g/mol. The topological polar surface area (TPSA) is 122 Å². The maximum atomic E-state index is 12.9. The van der Waals surface area contributed by atoms with Gasteiger partial charge in [-0.2, -0.15) is 0 Å². The number of carboxylic acid groups (broad SMARTS) is 1. The molecule has 230 valence electrons. The maximum absolute atomic E-state index is 12.9. The number of aryl methyl sites for hydroxylation is 1. The van der Waals surface area contributed by atoms with Crippen LogP contribution in [0.2, 0.25) is 0 Å². The number of fused-ring (bicyclic) bond motifs is 3. The Hall–Kier alpha value is -5.07. The second-order valence-electron chi connectivity index (χ2n) is 11.2. The standard InChI is InChI=1S/C37H37N3O5/c1-2-26-22-29(44-20-8-7-19-39-40-38)17-18-30(26)27-15-13-25(14-16-27)21-28(37(42)43)23-36(41)45-24-35-33-11-5-3-9-31(33)32-10-4-6-12-34(32)35/h3-6,9-18,22,28,35H,2,7-8,19-21,23-24H2,1H3,(H,42,43)/t28-/m1/s1. The van der Waals surface area contributed by atoms with Gasteiger partial charge in [0.25, 0.3) is 0 Å². The van der Waals surface area contributed by atoms with Crippen molar-refractivity contribution in [2.45, 2.75) is 44.9 Å². The number of ether oxygens (including phenoxy) is 2. The molecule has 1 atom stereocenters. The second-order valence-corrected chi connectivity index (χ2v) is 11.2. The van der Waals surface area contributed by atoms with Crippen molar-refractivity contribution in [3.63, 3.8) is 0 Å². The van der Waals surface area contributed by atoms with Crippen LogP contribution in [0, 0.1) is 5.92 Å². The minimum Gasteiger partial charge on any atom is -0.494 e. The highest BCUT2D eigenvalue weighted by atomic mass is 16.5. The summed E-state index contributed by atoms with van der Waals surface area (Å²) in [5.74, 6) is -1.68. The number of carboxylic acids is 1. The monoisotopic (exact) mass is 603 g/mol. The quantitative estimate of drug-likeness (QED) is 0.0481. The molecule has 1 N–H and O–H groups in total. The van der Waals surface area contributed by atoms with E-state index in [0.29, 0.717) is 13.2 Å². The van der Waals surface area contributed by atoms with Crippen molar-refractivity contribution in [3.05, 3.63) is 124 Å². The number of azide groups is 1. The fourth-order valence-corrected chi connectivity index (χ4v) is 5.98. The zero-order chi connectivity index (χ0) is 31.6. The smallest absolute Gasteiger partial charge is 0.307 e. The van der Waals surface area contributed by atoms with E-state index in [9.17, 15) is 14.7 Å². The molecule has 8 heteroatoms. The van der Waals surface area contributed by atoms with Crippen LogP contribution < -0.4 is 4.74 Å². The van der Waals surface area contributed by atoms with Crippen LogP contribution in [0.4, 0.5) is 0 Å². The number of carbonyl (C=O) groups excluding carboxylic acids is 1. The Morgan fingerprint density at radius 3 is 2.24 bits per heavy atom. The van der Waals surface area contributed by atoms with Crippen molar-refractivity contribution < 1.29 is 24.2 Å². The molecule has 0 radical (unpaired) electrons. The lowest BCUT2D eigenvalue weighted by atomic mass is 9.93. The Kier molecular flexibility index (Phi) is 10.5. The molecule has 0 bridgehead atoms. The van der Waals surface area contributed by atoms with Crippen LogP contribution in [-0.2, 0) is 27.2 Å². The van der Waals surface area contributed by atoms with Crippen LogP contribution in [-0.4, -0.2) is 36.8 Å². The molecule has 1 aliphatic rings. The number of unbranched alkanes of at least 4 members (excludes halogenated alkanes) is 1. The first kappa shape index (κ1) is 31.4. The number of aliphatic carboxylic acids is 1. The lowest BCUT2D eigenvalue weighted by molar-refractivity contribution is -0.151. The zero-order valence-corrected chi connectivity index (χ0v) is 25.4. The molecule has 45 heavy (non-hydrogen) atoms. The van der Waals surface area contributed by atoms with Gasteiger partial charge in [-0.25, -0.2) is 0 Å². The molecule has 0 amide bonds. The van der Waals surface area contributed by atoms with Crippen LogP contribution >= 0.6 is 0 Å². The van der Waals surface area contributed by atoms with Crippen LogP contribution in [0.5, 0.6) is 5.75 Å². The second kappa shape index (κ2) is 15.1. The summed E-state index contributed by atoms with van der Waals surface area (Å²) >= 11 is 0. The third kappa shape index (κ3) is 7.72. The first-order valence-corrected chi connectivity index (χ1v) is 15.4. The van der Waals surface area contributed by atoms with Crippen molar-refractivity contribution in [3.8, 4) is 28.0 Å². The van der Waals surface area contributed by atoms with Gasteiger partial charge in [-0.15, -0.1) is 0 Å². The lowest BCUT2D eigenvalue weighted by Crippen LogP contribution is -2.22. The molecule has 0 aromatic heterocycles. The Morgan fingerprint density at radius 1 is 0.911 bits per heavy atom. The molecule has 4 aromatic rings. The highest BCUT2D eigenvalue weighted by molar-refractivity contribution is 5.81. The minimum atomic E-state index is -1.02. The molecular weight excluding hydrogens is 566 g/mol. The van der Waals surface area contributed by atoms with Gasteiger partial charge < -0.3 is 14.6 Å². The largest absolute Gasteiger partial charge is 0.494 e. The molecule has 0 heterocycles. The van der Waals surface area contributed by atoms with Gasteiger partial charge in [0.05, 0.1) is 18.9 Å². The Labute approximate surface area is 263 Å². The van der Waals surface area contributed by atoms with E-state index in [1.807, 2.05) is 66.7 Å². The van der Waals surface area contributed by atoms with Gasteiger partial charge in [-0.05, 0) is 87.9 Å². The molecule has 0 aliphatic heterocycles. The third-order valence-electron chi connectivity index (χ3n) is 8.32. The van der Waals surface area contributed by atoms with Gasteiger partial charge in [0.15, 0.2) is 0 Å². The van der Waals surface area contributed by atoms with Crippen LogP contribution in [0.25, 0.3) is 32.7 Å². The van der Waals surface area contributed by atoms with Gasteiger partial charge >= 0.3 is 11.9 Å². The van der Waals surface area contributed by atoms with Crippen molar-refractivity contribution in [1.29, 1.82) is 0 Å². The number of hydrogen-bond acceptors (Lipinski definition) is 5. The summed E-state index contributed by atoms with van der Waals surface area (Å²) < 4.78 is 11.6. The van der Waals surface area contributed by atoms with Gasteiger partial charge in [-0.3, -0.25) is 9.59 Å². The van der Waals surface area contributed by atoms with E-state index in [2.05, 4.69) is 41.2 Å². The molecule has 0 unspecified atom stereocenters. The van der Waals surface area contributed by atoms with E-state index in [-0.39, 0.29) is 25.4 Å². The van der Waals surface area contributed by atoms with Crippen LogP contribution in [0.15, 0.2) is 96.1 Å². The van der Waals surface area contributed by atoms with E-state index in [1.54, 1.807) is 0 Å². The summed E-state index contributed by atoms with van der Waals surface area (Å²) in [6.07, 6.45) is 2.45. The Bertz CT molecular complexity index is 1650. The van der Waals surface area contributed by atoms with Crippen molar-refractivity contribution >= 4 is 11.9 Å². The Balaban J connectivity index is 1.18. The Morgan fingerprint density at radius 2 is 1.60 bits per heavy atom. The highest BCUT2D eigenvalue weighted by Gasteiger charge is 2.30. The van der Waals surface area contributed by atoms with E-state index in [4.69, 9.17) is 15.0 Å². The van der Waals surface area contributed by atoms with Gasteiger partial charge in [0.1, 0.15) is 12.4 Å².